The SMILES string of the molecule is COc1cc(N)c(Cl)cc1C(=O)N[C@@H]1CCN(CCC(O)C(OC)(OC)c2ccc(F)cc2)C[C@@H]1OC. The van der Waals surface area contributed by atoms with Gasteiger partial charge in [-0.05, 0) is 31.0 Å². The van der Waals surface area contributed by atoms with Gasteiger partial charge in [-0.15, -0.1) is 0 Å². The van der Waals surface area contributed by atoms with Gasteiger partial charge in [0.2, 0.25) is 5.79 Å². The number of ether oxygens (including phenoxy) is 4. The number of hydrogen-bond donors (Lipinski definition) is 3. The molecule has 0 saturated carbocycles. The molecular weight excluding hydrogens is 505 g/mol. The van der Waals surface area contributed by atoms with Crippen LogP contribution >= 0.6 is 11.6 Å². The van der Waals surface area contributed by atoms with E-state index in [1.54, 1.807) is 7.11 Å². The highest BCUT2D eigenvalue weighted by Gasteiger charge is 2.41. The Bertz CT molecular complexity index is 1050. The van der Waals surface area contributed by atoms with E-state index >= 15 is 0 Å². The van der Waals surface area contributed by atoms with Crippen LogP contribution in [0, 0.1) is 5.82 Å². The molecule has 1 saturated heterocycles. The molecule has 4 N–H and O–H groups in total. The van der Waals surface area contributed by atoms with E-state index in [0.717, 1.165) is 0 Å². The molecule has 1 amide bonds. The van der Waals surface area contributed by atoms with Crippen LogP contribution in [0.1, 0.15) is 28.8 Å². The van der Waals surface area contributed by atoms with Gasteiger partial charge in [-0.1, -0.05) is 23.7 Å². The van der Waals surface area contributed by atoms with E-state index < -0.39 is 17.7 Å². The molecular formula is C26H35ClFN3O6. The number of nitrogens with two attached hydrogens (primary N) is 1. The van der Waals surface area contributed by atoms with Crippen molar-refractivity contribution in [3.8, 4) is 5.75 Å². The number of carbonyl (C=O) groups is 1. The highest BCUT2D eigenvalue weighted by molar-refractivity contribution is 6.33. The average Bonchev–Trinajstić information content (AvgIpc) is 2.91. The lowest BCUT2D eigenvalue weighted by Crippen LogP contribution is -2.55. The smallest absolute Gasteiger partial charge is 0.255 e. The topological polar surface area (TPSA) is 116 Å². The Labute approximate surface area is 221 Å². The van der Waals surface area contributed by atoms with Crippen molar-refractivity contribution in [2.24, 2.45) is 0 Å². The van der Waals surface area contributed by atoms with E-state index in [1.165, 1.54) is 57.7 Å². The number of rotatable bonds is 11. The zero-order valence-corrected chi connectivity index (χ0v) is 22.3. The number of aliphatic hydroxyl groups is 1. The van der Waals surface area contributed by atoms with Gasteiger partial charge < -0.3 is 40.0 Å². The van der Waals surface area contributed by atoms with Crippen LogP contribution in [0.2, 0.25) is 5.02 Å². The third kappa shape index (κ3) is 6.51. The van der Waals surface area contributed by atoms with E-state index in [2.05, 4.69) is 10.2 Å². The molecule has 11 heteroatoms. The van der Waals surface area contributed by atoms with Gasteiger partial charge in [-0.25, -0.2) is 4.39 Å². The summed E-state index contributed by atoms with van der Waals surface area (Å²) in [7, 11) is 5.93. The van der Waals surface area contributed by atoms with E-state index in [0.29, 0.717) is 55.0 Å². The lowest BCUT2D eigenvalue weighted by atomic mass is 9.96. The van der Waals surface area contributed by atoms with E-state index in [-0.39, 0.29) is 23.1 Å². The summed E-state index contributed by atoms with van der Waals surface area (Å²) in [4.78, 5) is 15.1. The molecule has 3 rings (SSSR count). The molecule has 2 aromatic rings. The van der Waals surface area contributed by atoms with Crippen molar-refractivity contribution in [1.82, 2.24) is 10.2 Å². The first-order valence-electron chi connectivity index (χ1n) is 11.9. The van der Waals surface area contributed by atoms with E-state index in [4.69, 9.17) is 36.3 Å². The molecule has 0 aromatic heterocycles. The Balaban J connectivity index is 1.62. The highest BCUT2D eigenvalue weighted by atomic mass is 35.5. The summed E-state index contributed by atoms with van der Waals surface area (Å²) in [5.41, 5.74) is 6.95. The first kappa shape index (κ1) is 29.1. The van der Waals surface area contributed by atoms with Gasteiger partial charge in [0.05, 0.1) is 35.5 Å². The number of carbonyl (C=O) groups excluding carboxylic acids is 1. The van der Waals surface area contributed by atoms with Crippen molar-refractivity contribution in [1.29, 1.82) is 0 Å². The van der Waals surface area contributed by atoms with Crippen LogP contribution < -0.4 is 15.8 Å². The average molecular weight is 540 g/mol. The highest BCUT2D eigenvalue weighted by Crippen LogP contribution is 2.33. The van der Waals surface area contributed by atoms with Crippen molar-refractivity contribution < 1.29 is 33.2 Å². The van der Waals surface area contributed by atoms with Crippen LogP contribution in [0.25, 0.3) is 0 Å². The van der Waals surface area contributed by atoms with Gasteiger partial charge in [0, 0.05) is 52.6 Å². The fourth-order valence-electron chi connectivity index (χ4n) is 4.71. The minimum Gasteiger partial charge on any atom is -0.496 e. The number of anilines is 1. The van der Waals surface area contributed by atoms with Gasteiger partial charge >= 0.3 is 0 Å². The van der Waals surface area contributed by atoms with Crippen LogP contribution in [-0.4, -0.2) is 82.2 Å². The summed E-state index contributed by atoms with van der Waals surface area (Å²) in [6.07, 6.45) is -0.345. The number of piperidine rings is 1. The maximum atomic E-state index is 13.4. The van der Waals surface area contributed by atoms with Crippen LogP contribution in [0.4, 0.5) is 10.1 Å². The zero-order valence-electron chi connectivity index (χ0n) is 21.5. The Kier molecular flexibility index (Phi) is 10.1. The zero-order chi connectivity index (χ0) is 27.2. The van der Waals surface area contributed by atoms with Crippen LogP contribution in [0.5, 0.6) is 5.75 Å². The van der Waals surface area contributed by atoms with Gasteiger partial charge in [-0.2, -0.15) is 0 Å². The van der Waals surface area contributed by atoms with Gasteiger partial charge in [0.15, 0.2) is 0 Å². The predicted octanol–water partition coefficient (Wildman–Crippen LogP) is 2.79. The van der Waals surface area contributed by atoms with Crippen LogP contribution in [0.3, 0.4) is 0 Å². The number of nitrogens with zero attached hydrogens (tertiary/aromatic N) is 1. The molecule has 0 radical (unpaired) electrons. The summed E-state index contributed by atoms with van der Waals surface area (Å²) in [5.74, 6) is -1.82. The molecule has 9 nitrogen and oxygen atoms in total. The van der Waals surface area contributed by atoms with Crippen molar-refractivity contribution in [3.05, 3.63) is 58.4 Å². The maximum Gasteiger partial charge on any atom is 0.255 e. The van der Waals surface area contributed by atoms with E-state index in [1.807, 2.05) is 0 Å². The van der Waals surface area contributed by atoms with Crippen LogP contribution in [0.15, 0.2) is 36.4 Å². The summed E-state index contributed by atoms with van der Waals surface area (Å²) in [6.45, 7) is 1.73. The third-order valence-corrected chi connectivity index (χ3v) is 7.16. The number of methoxy groups -OCH3 is 4. The second-order valence-electron chi connectivity index (χ2n) is 8.90. The molecule has 37 heavy (non-hydrogen) atoms. The molecule has 0 bridgehead atoms. The maximum absolute atomic E-state index is 13.4. The first-order valence-corrected chi connectivity index (χ1v) is 12.3. The fourth-order valence-corrected chi connectivity index (χ4v) is 4.87. The minimum absolute atomic E-state index is 0.240. The number of hydrogen-bond acceptors (Lipinski definition) is 8. The Morgan fingerprint density at radius 2 is 1.92 bits per heavy atom. The molecule has 1 aliphatic heterocycles. The number of halogens is 2. The van der Waals surface area contributed by atoms with Crippen molar-refractivity contribution in [3.63, 3.8) is 0 Å². The predicted molar refractivity (Wildman–Crippen MR) is 138 cm³/mol. The van der Waals surface area contributed by atoms with Crippen molar-refractivity contribution in [2.45, 2.75) is 36.9 Å². The summed E-state index contributed by atoms with van der Waals surface area (Å²) in [5, 5.41) is 14.3. The molecule has 204 valence electrons. The standard InChI is InChI=1S/C26H35ClFN3O6/c1-34-22-14-20(29)19(27)13-18(22)25(33)30-21-9-11-31(15-23(21)35-2)12-10-24(32)26(36-3,37-4)16-5-7-17(28)8-6-16/h5-8,13-14,21,23-24,32H,9-12,15,29H2,1-4H3,(H,30,33)/t21-,23+,24?/m1/s1. The monoisotopic (exact) mass is 539 g/mol. The van der Waals surface area contributed by atoms with Crippen molar-refractivity contribution >= 4 is 23.2 Å². The number of nitrogens with one attached hydrogen (secondary N) is 1. The molecule has 3 atom stereocenters. The molecule has 0 aliphatic carbocycles. The minimum atomic E-state index is -1.43. The summed E-state index contributed by atoms with van der Waals surface area (Å²) in [6, 6.07) is 8.42. The van der Waals surface area contributed by atoms with Gasteiger partial charge in [0.25, 0.3) is 5.91 Å². The summed E-state index contributed by atoms with van der Waals surface area (Å²) >= 11 is 6.12. The number of amides is 1. The number of nitrogen functional groups attached to an aromatic ring is 1. The van der Waals surface area contributed by atoms with Gasteiger partial charge in [0.1, 0.15) is 17.7 Å². The van der Waals surface area contributed by atoms with Crippen LogP contribution in [-0.2, 0) is 20.0 Å². The lowest BCUT2D eigenvalue weighted by molar-refractivity contribution is -0.270. The van der Waals surface area contributed by atoms with Crippen molar-refractivity contribution in [2.75, 3.05) is 53.8 Å². The third-order valence-electron chi connectivity index (χ3n) is 6.84. The second-order valence-corrected chi connectivity index (χ2v) is 9.31. The Morgan fingerprint density at radius 3 is 2.51 bits per heavy atom. The van der Waals surface area contributed by atoms with Gasteiger partial charge in [-0.3, -0.25) is 4.79 Å². The largest absolute Gasteiger partial charge is 0.496 e. The normalized spacial score (nSPS) is 19.4. The first-order chi connectivity index (χ1) is 17.7. The number of benzene rings is 2. The molecule has 2 aromatic carbocycles. The Hall–Kier alpha value is -2.47. The number of likely N-dealkylation sites (tertiary alicyclic amines) is 1. The molecule has 1 aliphatic rings. The molecule has 1 unspecified atom stereocenters. The molecule has 0 spiro atoms. The fraction of sp³-hybridized carbons (Fsp3) is 0.500. The Morgan fingerprint density at radius 1 is 1.24 bits per heavy atom. The second kappa shape index (κ2) is 12.9. The van der Waals surface area contributed by atoms with E-state index in [9.17, 15) is 14.3 Å². The lowest BCUT2D eigenvalue weighted by Gasteiger charge is -2.40. The molecule has 1 fully saturated rings. The number of aliphatic hydroxyl groups excluding tert-OH is 1. The quantitative estimate of drug-likeness (QED) is 0.295. The summed E-state index contributed by atoms with van der Waals surface area (Å²) < 4.78 is 35.6. The molecule has 1 heterocycles.